The van der Waals surface area contributed by atoms with Crippen molar-refractivity contribution >= 4 is 5.78 Å². The van der Waals surface area contributed by atoms with Crippen LogP contribution in [-0.2, 0) is 4.79 Å². The molecule has 0 saturated heterocycles. The van der Waals surface area contributed by atoms with Gasteiger partial charge in [-0.1, -0.05) is 20.4 Å². The molecular weight excluding hydrogens is 136 g/mol. The summed E-state index contributed by atoms with van der Waals surface area (Å²) in [6.07, 6.45) is 2.15. The van der Waals surface area contributed by atoms with Crippen LogP contribution < -0.4 is 0 Å². The highest BCUT2D eigenvalue weighted by atomic mass is 16.1. The Morgan fingerprint density at radius 2 is 2.18 bits per heavy atom. The second-order valence-corrected chi connectivity index (χ2v) is 4.57. The van der Waals surface area contributed by atoms with Crippen molar-refractivity contribution in [2.75, 3.05) is 0 Å². The van der Waals surface area contributed by atoms with Gasteiger partial charge < -0.3 is 0 Å². The Morgan fingerprint density at radius 1 is 1.55 bits per heavy atom. The lowest BCUT2D eigenvalue weighted by molar-refractivity contribution is -0.119. The van der Waals surface area contributed by atoms with E-state index in [4.69, 9.17) is 0 Å². The van der Waals surface area contributed by atoms with E-state index >= 15 is 0 Å². The van der Waals surface area contributed by atoms with E-state index in [-0.39, 0.29) is 0 Å². The summed E-state index contributed by atoms with van der Waals surface area (Å²) in [6.45, 7) is 8.35. The zero-order chi connectivity index (χ0) is 8.22. The summed E-state index contributed by atoms with van der Waals surface area (Å²) in [5.41, 5.74) is 1.24. The first kappa shape index (κ1) is 7.08. The largest absolute Gasteiger partial charge is 0.294 e. The fourth-order valence-corrected chi connectivity index (χ4v) is 2.71. The van der Waals surface area contributed by atoms with Crippen molar-refractivity contribution < 1.29 is 4.79 Å². The van der Waals surface area contributed by atoms with Crippen LogP contribution in [-0.4, -0.2) is 5.78 Å². The summed E-state index contributed by atoms with van der Waals surface area (Å²) in [4.78, 5) is 11.4. The summed E-state index contributed by atoms with van der Waals surface area (Å²) < 4.78 is 0. The van der Waals surface area contributed by atoms with Crippen LogP contribution in [0.15, 0.2) is 12.2 Å². The summed E-state index contributed by atoms with van der Waals surface area (Å²) in [5, 5.41) is 0. The molecule has 0 aromatic carbocycles. The number of ketones is 1. The fraction of sp³-hybridized carbons (Fsp3) is 0.700. The molecule has 2 unspecified atom stereocenters. The molecule has 11 heavy (non-hydrogen) atoms. The first-order valence-electron chi connectivity index (χ1n) is 4.25. The number of allylic oxidation sites excluding steroid dienone is 1. The Morgan fingerprint density at radius 3 is 2.55 bits per heavy atom. The number of carbonyl (C=O) groups excluding carboxylic acids is 1. The minimum absolute atomic E-state index is 0.322. The van der Waals surface area contributed by atoms with Gasteiger partial charge in [0.05, 0.1) is 0 Å². The van der Waals surface area contributed by atoms with Crippen molar-refractivity contribution in [3.05, 3.63) is 12.2 Å². The van der Waals surface area contributed by atoms with Gasteiger partial charge in [0.1, 0.15) is 0 Å². The lowest BCUT2D eigenvalue weighted by Gasteiger charge is -2.30. The molecule has 0 aromatic heterocycles. The van der Waals surface area contributed by atoms with Crippen molar-refractivity contribution in [2.45, 2.75) is 26.7 Å². The number of rotatable bonds is 0. The highest BCUT2D eigenvalue weighted by Gasteiger charge is 2.51. The van der Waals surface area contributed by atoms with Crippen LogP contribution in [0.2, 0.25) is 0 Å². The molecular formula is C10H14O. The van der Waals surface area contributed by atoms with E-state index in [1.807, 2.05) is 0 Å². The molecule has 0 spiro atoms. The Balaban J connectivity index is 2.37. The quantitative estimate of drug-likeness (QED) is 0.484. The van der Waals surface area contributed by atoms with Crippen LogP contribution in [0, 0.1) is 17.3 Å². The smallest absolute Gasteiger partial charge is 0.161 e. The van der Waals surface area contributed by atoms with Gasteiger partial charge in [0.2, 0.25) is 0 Å². The lowest BCUT2D eigenvalue weighted by atomic mass is 9.74. The van der Waals surface area contributed by atoms with E-state index < -0.39 is 0 Å². The minimum atomic E-state index is 0.322. The summed E-state index contributed by atoms with van der Waals surface area (Å²) in [6, 6.07) is 0. The van der Waals surface area contributed by atoms with Gasteiger partial charge in [-0.3, -0.25) is 4.79 Å². The third-order valence-electron chi connectivity index (χ3n) is 3.34. The van der Waals surface area contributed by atoms with E-state index in [9.17, 15) is 4.79 Å². The molecule has 2 fully saturated rings. The van der Waals surface area contributed by atoms with Crippen LogP contribution in [0.5, 0.6) is 0 Å². The predicted molar refractivity (Wildman–Crippen MR) is 44.1 cm³/mol. The van der Waals surface area contributed by atoms with Crippen LogP contribution in [0.1, 0.15) is 26.7 Å². The molecule has 2 aliphatic carbocycles. The van der Waals surface area contributed by atoms with Gasteiger partial charge in [0.15, 0.2) is 5.78 Å². The first-order chi connectivity index (χ1) is 5.02. The van der Waals surface area contributed by atoms with E-state index in [0.717, 1.165) is 18.4 Å². The molecule has 0 aromatic rings. The molecule has 2 bridgehead atoms. The molecule has 2 saturated carbocycles. The highest BCUT2D eigenvalue weighted by molar-refractivity contribution is 6.00. The molecule has 2 atom stereocenters. The number of carbonyl (C=O) groups is 1. The van der Waals surface area contributed by atoms with Crippen molar-refractivity contribution in [2.24, 2.45) is 17.3 Å². The van der Waals surface area contributed by atoms with Crippen LogP contribution in [0.3, 0.4) is 0 Å². The fourth-order valence-electron chi connectivity index (χ4n) is 2.71. The average molecular weight is 150 g/mol. The lowest BCUT2D eigenvalue weighted by Crippen LogP contribution is -2.26. The molecule has 2 rings (SSSR count). The van der Waals surface area contributed by atoms with Gasteiger partial charge in [-0.05, 0) is 29.7 Å². The molecule has 0 aliphatic heterocycles. The molecule has 0 radical (unpaired) electrons. The van der Waals surface area contributed by atoms with Crippen molar-refractivity contribution in [3.8, 4) is 0 Å². The van der Waals surface area contributed by atoms with Gasteiger partial charge in [-0.25, -0.2) is 0 Å². The molecule has 60 valence electrons. The topological polar surface area (TPSA) is 17.1 Å². The maximum atomic E-state index is 11.4. The van der Waals surface area contributed by atoms with Gasteiger partial charge >= 0.3 is 0 Å². The van der Waals surface area contributed by atoms with E-state index in [0.29, 0.717) is 23.0 Å². The van der Waals surface area contributed by atoms with Crippen molar-refractivity contribution in [1.82, 2.24) is 0 Å². The number of hydrogen-bond donors (Lipinski definition) is 0. The Bertz CT molecular complexity index is 237. The third kappa shape index (κ3) is 0.741. The predicted octanol–water partition coefficient (Wildman–Crippen LogP) is 2.18. The monoisotopic (exact) mass is 150 g/mol. The summed E-state index contributed by atoms with van der Waals surface area (Å²) in [5.74, 6) is 1.15. The van der Waals surface area contributed by atoms with E-state index in [1.54, 1.807) is 0 Å². The maximum absolute atomic E-state index is 11.4. The maximum Gasteiger partial charge on any atom is 0.161 e. The molecule has 1 heteroatoms. The summed E-state index contributed by atoms with van der Waals surface area (Å²) in [7, 11) is 0. The van der Waals surface area contributed by atoms with Crippen molar-refractivity contribution in [3.63, 3.8) is 0 Å². The summed E-state index contributed by atoms with van der Waals surface area (Å²) >= 11 is 0. The SMILES string of the molecule is C=C1C(=O)C2CC1C(C)(C)C2. The molecule has 0 amide bonds. The van der Waals surface area contributed by atoms with Gasteiger partial charge in [-0.15, -0.1) is 0 Å². The second-order valence-electron chi connectivity index (χ2n) is 4.57. The van der Waals surface area contributed by atoms with Gasteiger partial charge in [-0.2, -0.15) is 0 Å². The minimum Gasteiger partial charge on any atom is -0.294 e. The Kier molecular flexibility index (Phi) is 1.14. The molecule has 0 heterocycles. The standard InChI is InChI=1S/C10H14O/c1-6-8-4-7(9(6)11)5-10(8,2)3/h7-8H,1,4-5H2,2-3H3. The van der Waals surface area contributed by atoms with Crippen LogP contribution in [0.25, 0.3) is 0 Å². The molecule has 2 aliphatic rings. The number of fused-ring (bicyclic) bond motifs is 2. The van der Waals surface area contributed by atoms with Crippen LogP contribution in [0.4, 0.5) is 0 Å². The average Bonchev–Trinajstić information content (AvgIpc) is 2.31. The number of Topliss-reactive ketones (excluding diaryl/α,β-unsaturated/α-hetero) is 1. The first-order valence-corrected chi connectivity index (χ1v) is 4.25. The number of hydrogen-bond acceptors (Lipinski definition) is 1. The second kappa shape index (κ2) is 1.77. The third-order valence-corrected chi connectivity index (χ3v) is 3.34. The van der Waals surface area contributed by atoms with Gasteiger partial charge in [0.25, 0.3) is 0 Å². The molecule has 0 N–H and O–H groups in total. The zero-order valence-corrected chi connectivity index (χ0v) is 7.18. The molecule has 1 nitrogen and oxygen atoms in total. The van der Waals surface area contributed by atoms with E-state index in [2.05, 4.69) is 20.4 Å². The zero-order valence-electron chi connectivity index (χ0n) is 7.18. The Hall–Kier alpha value is -0.590. The van der Waals surface area contributed by atoms with Crippen LogP contribution >= 0.6 is 0 Å². The van der Waals surface area contributed by atoms with E-state index in [1.165, 1.54) is 0 Å². The highest BCUT2D eigenvalue weighted by Crippen LogP contribution is 2.55. The normalized spacial score (nSPS) is 40.2. The van der Waals surface area contributed by atoms with Gasteiger partial charge in [0, 0.05) is 5.92 Å². The Labute approximate surface area is 67.5 Å². The van der Waals surface area contributed by atoms with Crippen molar-refractivity contribution in [1.29, 1.82) is 0 Å².